The minimum Gasteiger partial charge on any atom is -0.493 e. The monoisotopic (exact) mass is 427 g/mol. The summed E-state index contributed by atoms with van der Waals surface area (Å²) < 4.78 is 11.8. The Bertz CT molecular complexity index is 939. The van der Waals surface area contributed by atoms with Crippen LogP contribution in [0.5, 0.6) is 11.5 Å². The van der Waals surface area contributed by atoms with E-state index < -0.39 is 0 Å². The Balaban J connectivity index is 1.86. The van der Waals surface area contributed by atoms with Gasteiger partial charge in [-0.25, -0.2) is 0 Å². The zero-order valence-electron chi connectivity index (χ0n) is 16.9. The van der Waals surface area contributed by atoms with Crippen LogP contribution in [0.3, 0.4) is 0 Å². The lowest BCUT2D eigenvalue weighted by molar-refractivity contribution is -0.113. The molecule has 1 saturated heterocycles. The zero-order valence-corrected chi connectivity index (χ0v) is 18.6. The van der Waals surface area contributed by atoms with Crippen LogP contribution in [-0.4, -0.2) is 23.9 Å². The number of amides is 1. The van der Waals surface area contributed by atoms with Gasteiger partial charge in [-0.1, -0.05) is 68.5 Å². The summed E-state index contributed by atoms with van der Waals surface area (Å²) in [6.07, 6.45) is 4.76. The van der Waals surface area contributed by atoms with E-state index in [0.717, 1.165) is 36.1 Å². The van der Waals surface area contributed by atoms with Crippen LogP contribution in [0, 0.1) is 0 Å². The number of aryl methyl sites for hydroxylation is 1. The SMILES string of the molecule is CCCCOc1ccc(/C=C2\SC(=S)N(c3ccccc3CC)C2=O)cc1OC. The number of unbranched alkanes of at least 4 members (excludes halogenated alkanes) is 1. The van der Waals surface area contributed by atoms with Crippen molar-refractivity contribution in [2.24, 2.45) is 0 Å². The van der Waals surface area contributed by atoms with Crippen LogP contribution in [0.25, 0.3) is 6.08 Å². The third kappa shape index (κ3) is 4.82. The molecule has 2 aromatic rings. The third-order valence-electron chi connectivity index (χ3n) is 4.65. The molecular formula is C23H25NO3S2. The van der Waals surface area contributed by atoms with E-state index in [0.29, 0.717) is 27.3 Å². The maximum atomic E-state index is 13.1. The number of thiocarbonyl (C=S) groups is 1. The van der Waals surface area contributed by atoms with E-state index >= 15 is 0 Å². The van der Waals surface area contributed by atoms with Crippen LogP contribution in [0.1, 0.15) is 37.8 Å². The van der Waals surface area contributed by atoms with Crippen LogP contribution in [0.4, 0.5) is 5.69 Å². The van der Waals surface area contributed by atoms with Crippen molar-refractivity contribution in [2.75, 3.05) is 18.6 Å². The van der Waals surface area contributed by atoms with Crippen molar-refractivity contribution in [3.8, 4) is 11.5 Å². The molecule has 1 heterocycles. The Labute approximate surface area is 181 Å². The van der Waals surface area contributed by atoms with Gasteiger partial charge in [0.25, 0.3) is 5.91 Å². The van der Waals surface area contributed by atoms with Crippen LogP contribution >= 0.6 is 24.0 Å². The van der Waals surface area contributed by atoms with E-state index in [1.807, 2.05) is 48.5 Å². The van der Waals surface area contributed by atoms with Gasteiger partial charge in [0.05, 0.1) is 24.3 Å². The third-order valence-corrected chi connectivity index (χ3v) is 5.95. The van der Waals surface area contributed by atoms with Gasteiger partial charge in [0.15, 0.2) is 15.8 Å². The molecule has 1 amide bonds. The first kappa shape index (κ1) is 21.4. The average molecular weight is 428 g/mol. The number of carbonyl (C=O) groups excluding carboxylic acids is 1. The lowest BCUT2D eigenvalue weighted by Gasteiger charge is -2.18. The zero-order chi connectivity index (χ0) is 20.8. The minimum atomic E-state index is -0.0943. The normalized spacial score (nSPS) is 15.3. The van der Waals surface area contributed by atoms with E-state index in [1.165, 1.54) is 11.8 Å². The van der Waals surface area contributed by atoms with Crippen molar-refractivity contribution in [1.82, 2.24) is 0 Å². The summed E-state index contributed by atoms with van der Waals surface area (Å²) in [6, 6.07) is 13.6. The molecule has 2 aromatic carbocycles. The number of nitrogens with zero attached hydrogens (tertiary/aromatic N) is 1. The summed E-state index contributed by atoms with van der Waals surface area (Å²) in [4.78, 5) is 15.3. The van der Waals surface area contributed by atoms with Crippen molar-refractivity contribution in [3.63, 3.8) is 0 Å². The van der Waals surface area contributed by atoms with Gasteiger partial charge in [0.2, 0.25) is 0 Å². The molecule has 152 valence electrons. The summed E-state index contributed by atoms with van der Waals surface area (Å²) >= 11 is 6.83. The van der Waals surface area contributed by atoms with E-state index in [1.54, 1.807) is 12.0 Å². The van der Waals surface area contributed by atoms with E-state index in [9.17, 15) is 4.79 Å². The van der Waals surface area contributed by atoms with Crippen LogP contribution in [0.2, 0.25) is 0 Å². The van der Waals surface area contributed by atoms with Crippen molar-refractivity contribution in [1.29, 1.82) is 0 Å². The van der Waals surface area contributed by atoms with Gasteiger partial charge in [-0.3, -0.25) is 9.69 Å². The maximum Gasteiger partial charge on any atom is 0.270 e. The Morgan fingerprint density at radius 2 is 1.93 bits per heavy atom. The van der Waals surface area contributed by atoms with E-state index in [2.05, 4.69) is 13.8 Å². The van der Waals surface area contributed by atoms with Gasteiger partial charge in [-0.05, 0) is 48.2 Å². The lowest BCUT2D eigenvalue weighted by Crippen LogP contribution is -2.28. The van der Waals surface area contributed by atoms with Gasteiger partial charge < -0.3 is 9.47 Å². The highest BCUT2D eigenvalue weighted by Crippen LogP contribution is 2.38. The van der Waals surface area contributed by atoms with Gasteiger partial charge in [0.1, 0.15) is 0 Å². The number of hydrogen-bond acceptors (Lipinski definition) is 5. The molecule has 1 aliphatic heterocycles. The summed E-state index contributed by atoms with van der Waals surface area (Å²) in [5, 5.41) is 0. The van der Waals surface area contributed by atoms with Gasteiger partial charge in [-0.15, -0.1) is 0 Å². The smallest absolute Gasteiger partial charge is 0.270 e. The molecule has 0 aliphatic carbocycles. The summed E-state index contributed by atoms with van der Waals surface area (Å²) in [6.45, 7) is 4.85. The summed E-state index contributed by atoms with van der Waals surface area (Å²) in [5.41, 5.74) is 2.83. The number of carbonyl (C=O) groups is 1. The topological polar surface area (TPSA) is 38.8 Å². The minimum absolute atomic E-state index is 0.0943. The number of ether oxygens (including phenoxy) is 2. The molecule has 0 spiro atoms. The van der Waals surface area contributed by atoms with Crippen molar-refractivity contribution >= 4 is 46.0 Å². The lowest BCUT2D eigenvalue weighted by atomic mass is 10.1. The molecule has 0 unspecified atom stereocenters. The van der Waals surface area contributed by atoms with E-state index in [-0.39, 0.29) is 5.91 Å². The molecule has 0 bridgehead atoms. The fraction of sp³-hybridized carbons (Fsp3) is 0.304. The fourth-order valence-corrected chi connectivity index (χ4v) is 4.36. The molecule has 0 N–H and O–H groups in total. The molecule has 3 rings (SSSR count). The molecule has 4 nitrogen and oxygen atoms in total. The highest BCUT2D eigenvalue weighted by molar-refractivity contribution is 8.27. The van der Waals surface area contributed by atoms with Crippen LogP contribution in [0.15, 0.2) is 47.4 Å². The summed E-state index contributed by atoms with van der Waals surface area (Å²) in [7, 11) is 1.62. The van der Waals surface area contributed by atoms with Gasteiger partial charge >= 0.3 is 0 Å². The second-order valence-electron chi connectivity index (χ2n) is 6.61. The summed E-state index contributed by atoms with van der Waals surface area (Å²) in [5.74, 6) is 1.27. The van der Waals surface area contributed by atoms with Crippen molar-refractivity contribution < 1.29 is 14.3 Å². The molecule has 29 heavy (non-hydrogen) atoms. The molecule has 0 saturated carbocycles. The Morgan fingerprint density at radius 1 is 1.14 bits per heavy atom. The molecule has 0 aromatic heterocycles. The van der Waals surface area contributed by atoms with Crippen LogP contribution in [-0.2, 0) is 11.2 Å². The quantitative estimate of drug-likeness (QED) is 0.300. The van der Waals surface area contributed by atoms with Gasteiger partial charge in [-0.2, -0.15) is 0 Å². The number of thioether (sulfide) groups is 1. The molecule has 1 fully saturated rings. The maximum absolute atomic E-state index is 13.1. The number of benzene rings is 2. The molecule has 0 atom stereocenters. The number of hydrogen-bond donors (Lipinski definition) is 0. The highest BCUT2D eigenvalue weighted by atomic mass is 32.2. The molecule has 1 aliphatic rings. The molecule has 6 heteroatoms. The second-order valence-corrected chi connectivity index (χ2v) is 8.29. The molecule has 0 radical (unpaired) electrons. The number of anilines is 1. The first-order valence-corrected chi connectivity index (χ1v) is 11.0. The fourth-order valence-electron chi connectivity index (χ4n) is 3.07. The first-order chi connectivity index (χ1) is 14.1. The van der Waals surface area contributed by atoms with Gasteiger partial charge in [0, 0.05) is 0 Å². The predicted octanol–water partition coefficient (Wildman–Crippen LogP) is 5.84. The number of rotatable bonds is 8. The predicted molar refractivity (Wildman–Crippen MR) is 125 cm³/mol. The highest BCUT2D eigenvalue weighted by Gasteiger charge is 2.34. The first-order valence-electron chi connectivity index (χ1n) is 9.75. The Kier molecular flexibility index (Phi) is 7.34. The Morgan fingerprint density at radius 3 is 2.66 bits per heavy atom. The standard InChI is InChI=1S/C23H25NO3S2/c1-4-6-13-27-19-12-11-16(14-20(19)26-3)15-21-22(25)24(23(28)29-21)18-10-8-7-9-17(18)5-2/h7-12,14-15H,4-6,13H2,1-3H3/b21-15-. The average Bonchev–Trinajstić information content (AvgIpc) is 3.01. The van der Waals surface area contributed by atoms with Crippen LogP contribution < -0.4 is 14.4 Å². The number of para-hydroxylation sites is 1. The second kappa shape index (κ2) is 9.94. The number of methoxy groups -OCH3 is 1. The Hall–Kier alpha value is -2.31. The van der Waals surface area contributed by atoms with Crippen molar-refractivity contribution in [2.45, 2.75) is 33.1 Å². The molecular weight excluding hydrogens is 402 g/mol. The largest absolute Gasteiger partial charge is 0.493 e. The van der Waals surface area contributed by atoms with Crippen molar-refractivity contribution in [3.05, 3.63) is 58.5 Å². The van der Waals surface area contributed by atoms with E-state index in [4.69, 9.17) is 21.7 Å².